The SMILES string of the molecule is O=C1c2cccn2-c2ccccc2C[C@H]1c1ccccc1. The molecular weight excluding hydrogens is 258 g/mol. The number of fused-ring (bicyclic) bond motifs is 3. The fraction of sp³-hybridized carbons (Fsp3) is 0.105. The number of rotatable bonds is 1. The summed E-state index contributed by atoms with van der Waals surface area (Å²) < 4.78 is 2.01. The van der Waals surface area contributed by atoms with E-state index in [2.05, 4.69) is 12.1 Å². The molecule has 0 spiro atoms. The van der Waals surface area contributed by atoms with Crippen LogP contribution < -0.4 is 0 Å². The number of ketones is 1. The summed E-state index contributed by atoms with van der Waals surface area (Å²) in [7, 11) is 0. The molecule has 1 aromatic heterocycles. The van der Waals surface area contributed by atoms with Crippen LogP contribution in [0.5, 0.6) is 0 Å². The molecule has 0 saturated carbocycles. The van der Waals surface area contributed by atoms with Crippen molar-refractivity contribution in [3.05, 3.63) is 89.7 Å². The van der Waals surface area contributed by atoms with Gasteiger partial charge in [-0.25, -0.2) is 0 Å². The highest BCUT2D eigenvalue weighted by molar-refractivity contribution is 6.01. The standard InChI is InChI=1S/C19H15NO/c21-19-16(14-7-2-1-3-8-14)13-15-9-4-5-10-17(15)20-12-6-11-18(19)20/h1-12,16H,13H2/t16-/m0/s1. The number of nitrogens with zero attached hydrogens (tertiary/aromatic N) is 1. The first-order valence-electron chi connectivity index (χ1n) is 7.19. The molecule has 0 fully saturated rings. The Balaban J connectivity index is 1.93. The molecule has 0 radical (unpaired) electrons. The number of benzene rings is 2. The van der Waals surface area contributed by atoms with Crippen LogP contribution in [0, 0.1) is 0 Å². The van der Waals surface area contributed by atoms with Crippen molar-refractivity contribution in [1.82, 2.24) is 4.57 Å². The number of aromatic nitrogens is 1. The van der Waals surface area contributed by atoms with Gasteiger partial charge in [0.2, 0.25) is 0 Å². The summed E-state index contributed by atoms with van der Waals surface area (Å²) in [5.41, 5.74) is 4.19. The van der Waals surface area contributed by atoms with Crippen LogP contribution in [0.3, 0.4) is 0 Å². The molecule has 1 aliphatic rings. The lowest BCUT2D eigenvalue weighted by atomic mass is 9.88. The lowest BCUT2D eigenvalue weighted by molar-refractivity contribution is 0.0954. The first-order chi connectivity index (χ1) is 10.3. The average Bonchev–Trinajstić information content (AvgIpc) is 2.98. The average molecular weight is 273 g/mol. The van der Waals surface area contributed by atoms with Crippen molar-refractivity contribution in [3.8, 4) is 5.69 Å². The van der Waals surface area contributed by atoms with E-state index in [1.165, 1.54) is 5.56 Å². The van der Waals surface area contributed by atoms with Crippen LogP contribution in [-0.4, -0.2) is 10.4 Å². The van der Waals surface area contributed by atoms with Gasteiger partial charge in [0.1, 0.15) is 0 Å². The van der Waals surface area contributed by atoms with Gasteiger partial charge in [-0.3, -0.25) is 4.79 Å². The van der Waals surface area contributed by atoms with Gasteiger partial charge in [0.05, 0.1) is 11.6 Å². The lowest BCUT2D eigenvalue weighted by Crippen LogP contribution is -2.15. The molecule has 2 heterocycles. The van der Waals surface area contributed by atoms with Gasteiger partial charge in [-0.05, 0) is 35.7 Å². The normalized spacial score (nSPS) is 17.0. The molecule has 4 rings (SSSR count). The molecule has 1 aliphatic heterocycles. The monoisotopic (exact) mass is 273 g/mol. The van der Waals surface area contributed by atoms with Crippen molar-refractivity contribution in [3.63, 3.8) is 0 Å². The van der Waals surface area contributed by atoms with Crippen molar-refractivity contribution in [2.45, 2.75) is 12.3 Å². The molecule has 3 aromatic rings. The zero-order chi connectivity index (χ0) is 14.2. The summed E-state index contributed by atoms with van der Waals surface area (Å²) in [5, 5.41) is 0. The largest absolute Gasteiger partial charge is 0.314 e. The number of hydrogen-bond acceptors (Lipinski definition) is 1. The summed E-state index contributed by atoms with van der Waals surface area (Å²) in [6.45, 7) is 0. The third-order valence-electron chi connectivity index (χ3n) is 4.19. The quantitative estimate of drug-likeness (QED) is 0.657. The highest BCUT2D eigenvalue weighted by atomic mass is 16.1. The zero-order valence-electron chi connectivity index (χ0n) is 11.6. The Morgan fingerprint density at radius 2 is 1.62 bits per heavy atom. The molecule has 21 heavy (non-hydrogen) atoms. The number of carbonyl (C=O) groups excluding carboxylic acids is 1. The maximum atomic E-state index is 12.9. The minimum Gasteiger partial charge on any atom is -0.314 e. The van der Waals surface area contributed by atoms with Gasteiger partial charge in [-0.1, -0.05) is 48.5 Å². The van der Waals surface area contributed by atoms with E-state index in [4.69, 9.17) is 0 Å². The summed E-state index contributed by atoms with van der Waals surface area (Å²) in [6, 6.07) is 22.2. The van der Waals surface area contributed by atoms with Gasteiger partial charge >= 0.3 is 0 Å². The maximum Gasteiger partial charge on any atom is 0.187 e. The molecule has 2 nitrogen and oxygen atoms in total. The number of carbonyl (C=O) groups is 1. The van der Waals surface area contributed by atoms with E-state index in [1.54, 1.807) is 0 Å². The smallest absolute Gasteiger partial charge is 0.187 e. The Labute approximate surface area is 123 Å². The van der Waals surface area contributed by atoms with E-state index >= 15 is 0 Å². The van der Waals surface area contributed by atoms with Gasteiger partial charge in [-0.2, -0.15) is 0 Å². The van der Waals surface area contributed by atoms with Gasteiger partial charge < -0.3 is 4.57 Å². The Bertz CT molecular complexity index is 801. The summed E-state index contributed by atoms with van der Waals surface area (Å²) in [6.07, 6.45) is 2.72. The van der Waals surface area contributed by atoms with Crippen molar-refractivity contribution in [2.75, 3.05) is 0 Å². The molecule has 0 saturated heterocycles. The molecule has 0 unspecified atom stereocenters. The third-order valence-corrected chi connectivity index (χ3v) is 4.19. The summed E-state index contributed by atoms with van der Waals surface area (Å²) in [4.78, 5) is 12.9. The van der Waals surface area contributed by atoms with E-state index in [0.717, 1.165) is 23.4 Å². The molecule has 2 aromatic carbocycles. The highest BCUT2D eigenvalue weighted by Gasteiger charge is 2.29. The van der Waals surface area contributed by atoms with Crippen molar-refractivity contribution in [2.24, 2.45) is 0 Å². The Morgan fingerprint density at radius 3 is 2.48 bits per heavy atom. The van der Waals surface area contributed by atoms with Crippen LogP contribution in [0.2, 0.25) is 0 Å². The number of hydrogen-bond donors (Lipinski definition) is 0. The van der Waals surface area contributed by atoms with Crippen molar-refractivity contribution < 1.29 is 4.79 Å². The second kappa shape index (κ2) is 4.74. The van der Waals surface area contributed by atoms with E-state index in [-0.39, 0.29) is 11.7 Å². The second-order valence-corrected chi connectivity index (χ2v) is 5.42. The zero-order valence-corrected chi connectivity index (χ0v) is 11.6. The molecule has 102 valence electrons. The van der Waals surface area contributed by atoms with Gasteiger partial charge in [0.25, 0.3) is 0 Å². The predicted octanol–water partition coefficient (Wildman–Crippen LogP) is 4.00. The molecule has 0 bridgehead atoms. The van der Waals surface area contributed by atoms with Crippen LogP contribution in [0.15, 0.2) is 72.9 Å². The Hall–Kier alpha value is -2.61. The summed E-state index contributed by atoms with van der Waals surface area (Å²) >= 11 is 0. The molecular formula is C19H15NO. The minimum absolute atomic E-state index is 0.108. The first kappa shape index (κ1) is 12.2. The third kappa shape index (κ3) is 1.91. The number of para-hydroxylation sites is 1. The van der Waals surface area contributed by atoms with Crippen molar-refractivity contribution >= 4 is 5.78 Å². The topological polar surface area (TPSA) is 22.0 Å². The fourth-order valence-electron chi connectivity index (χ4n) is 3.16. The first-order valence-corrected chi connectivity index (χ1v) is 7.19. The van der Waals surface area contributed by atoms with Crippen molar-refractivity contribution in [1.29, 1.82) is 0 Å². The van der Waals surface area contributed by atoms with Gasteiger partial charge in [0, 0.05) is 11.9 Å². The van der Waals surface area contributed by atoms with Crippen LogP contribution in [0.1, 0.15) is 27.5 Å². The number of Topliss-reactive ketones (excluding diaryl/α,β-unsaturated/α-hetero) is 1. The molecule has 1 atom stereocenters. The molecule has 0 aliphatic carbocycles. The van der Waals surface area contributed by atoms with E-state index in [9.17, 15) is 4.79 Å². The molecule has 0 amide bonds. The van der Waals surface area contributed by atoms with E-state index in [1.807, 2.05) is 65.4 Å². The minimum atomic E-state index is -0.108. The summed E-state index contributed by atoms with van der Waals surface area (Å²) in [5.74, 6) is 0.0888. The van der Waals surface area contributed by atoms with Gasteiger partial charge in [-0.15, -0.1) is 0 Å². The molecule has 2 heteroatoms. The van der Waals surface area contributed by atoms with Gasteiger partial charge in [0.15, 0.2) is 5.78 Å². The van der Waals surface area contributed by atoms with Crippen LogP contribution in [0.4, 0.5) is 0 Å². The Morgan fingerprint density at radius 1 is 0.857 bits per heavy atom. The Kier molecular flexibility index (Phi) is 2.74. The molecule has 0 N–H and O–H groups in total. The van der Waals surface area contributed by atoms with Crippen LogP contribution >= 0.6 is 0 Å². The highest BCUT2D eigenvalue weighted by Crippen LogP contribution is 2.32. The fourth-order valence-corrected chi connectivity index (χ4v) is 3.16. The lowest BCUT2D eigenvalue weighted by Gasteiger charge is -2.13. The van der Waals surface area contributed by atoms with E-state index < -0.39 is 0 Å². The van der Waals surface area contributed by atoms with E-state index in [0.29, 0.717) is 0 Å². The maximum absolute atomic E-state index is 12.9. The van der Waals surface area contributed by atoms with Crippen LogP contribution in [-0.2, 0) is 6.42 Å². The predicted molar refractivity (Wildman–Crippen MR) is 83.0 cm³/mol. The van der Waals surface area contributed by atoms with Crippen LogP contribution in [0.25, 0.3) is 5.69 Å². The second-order valence-electron chi connectivity index (χ2n) is 5.42.